The van der Waals surface area contributed by atoms with Crippen molar-refractivity contribution in [3.8, 4) is 0 Å². The van der Waals surface area contributed by atoms with Crippen molar-refractivity contribution in [1.82, 2.24) is 0 Å². The predicted molar refractivity (Wildman–Crippen MR) is 175 cm³/mol. The average molecular weight is 638 g/mol. The molecule has 2 unspecified atom stereocenters. The lowest BCUT2D eigenvalue weighted by Crippen LogP contribution is -2.47. The topological polar surface area (TPSA) is 158 Å². The van der Waals surface area contributed by atoms with Crippen LogP contribution in [0.2, 0.25) is 0 Å². The molecule has 10 nitrogen and oxygen atoms in total. The summed E-state index contributed by atoms with van der Waals surface area (Å²) < 4.78 is 21.9. The number of esters is 1. The number of ether oxygens (including phenoxy) is 4. The minimum atomic E-state index is -0.885. The molecular formula is C35H59NO9. The first-order valence-corrected chi connectivity index (χ1v) is 16.0. The van der Waals surface area contributed by atoms with Crippen molar-refractivity contribution >= 4 is 12.1 Å². The first kappa shape index (κ1) is 40.5. The molecular weight excluding hydrogens is 578 g/mol. The molecule has 5 N–H and O–H groups in total. The molecule has 1 aliphatic rings. The molecule has 45 heavy (non-hydrogen) atoms. The highest BCUT2D eigenvalue weighted by molar-refractivity contribution is 5.73. The molecule has 1 rings (SSSR count). The lowest BCUT2D eigenvalue weighted by atomic mass is 9.81. The van der Waals surface area contributed by atoms with Crippen LogP contribution in [0.5, 0.6) is 0 Å². The monoisotopic (exact) mass is 637 g/mol. The number of nitrogens with two attached hydrogens (primary N) is 1. The summed E-state index contributed by atoms with van der Waals surface area (Å²) in [4.78, 5) is 23.8. The van der Waals surface area contributed by atoms with Gasteiger partial charge in [0.15, 0.2) is 0 Å². The summed E-state index contributed by atoms with van der Waals surface area (Å²) >= 11 is 0. The van der Waals surface area contributed by atoms with Gasteiger partial charge in [0.25, 0.3) is 0 Å². The van der Waals surface area contributed by atoms with Gasteiger partial charge in [-0.1, -0.05) is 90.2 Å². The number of hydrogen-bond acceptors (Lipinski definition) is 9. The number of methoxy groups -OCH3 is 1. The van der Waals surface area contributed by atoms with E-state index in [1.807, 2.05) is 72.8 Å². The van der Waals surface area contributed by atoms with Crippen molar-refractivity contribution in [3.05, 3.63) is 48.6 Å². The van der Waals surface area contributed by atoms with Crippen LogP contribution in [0, 0.1) is 41.4 Å². The van der Waals surface area contributed by atoms with E-state index in [1.54, 1.807) is 19.1 Å². The number of hydrogen-bond donors (Lipinski definition) is 4. The highest BCUT2D eigenvalue weighted by Gasteiger charge is 2.41. The number of allylic oxidation sites excluding steroid dienone is 3. The lowest BCUT2D eigenvalue weighted by molar-refractivity contribution is -0.181. The van der Waals surface area contributed by atoms with Crippen LogP contribution in [-0.4, -0.2) is 77.9 Å². The van der Waals surface area contributed by atoms with Gasteiger partial charge < -0.3 is 40.0 Å². The molecule has 0 radical (unpaired) electrons. The van der Waals surface area contributed by atoms with E-state index >= 15 is 0 Å². The molecule has 0 saturated carbocycles. The van der Waals surface area contributed by atoms with Crippen molar-refractivity contribution < 1.29 is 43.9 Å². The number of carbonyl (C=O) groups is 2. The number of amides is 1. The van der Waals surface area contributed by atoms with E-state index in [4.69, 9.17) is 24.7 Å². The highest BCUT2D eigenvalue weighted by Crippen LogP contribution is 2.31. The zero-order valence-corrected chi connectivity index (χ0v) is 28.7. The van der Waals surface area contributed by atoms with Gasteiger partial charge in [-0.25, -0.2) is 4.79 Å². The number of carbonyl (C=O) groups excluding carboxylic acids is 2. The molecule has 0 aromatic rings. The Hall–Kier alpha value is -2.50. The standard InChI is InChI=1S/C35H59NO9/c1-11-12-13-22(4)33(45-35(36)41)26(8)31(38)24(6)17-20(2)16-23(5)30(37)21(3)14-15-28(43-19-42-10)18-29-25(7)32(39)27(9)34(40)44-29/h11-16,21-33,37-39H,1,17-19H2,2-10H3,(H2,36,41)/b13-12-,15-14-,20-16-/t21-,22-,23-,24?,25?,26-,27+,28+,29-,30-,31+,32-,33-/m0/s1. The Morgan fingerprint density at radius 2 is 1.69 bits per heavy atom. The van der Waals surface area contributed by atoms with Crippen LogP contribution in [-0.2, 0) is 23.7 Å². The summed E-state index contributed by atoms with van der Waals surface area (Å²) in [6.07, 6.45) is 7.24. The van der Waals surface area contributed by atoms with Gasteiger partial charge in [0, 0.05) is 43.1 Å². The van der Waals surface area contributed by atoms with Gasteiger partial charge in [0.2, 0.25) is 0 Å². The first-order valence-electron chi connectivity index (χ1n) is 16.0. The van der Waals surface area contributed by atoms with Crippen LogP contribution in [0.4, 0.5) is 4.79 Å². The van der Waals surface area contributed by atoms with Crippen LogP contribution in [0.3, 0.4) is 0 Å². The molecule has 1 amide bonds. The number of primary amides is 1. The third-order valence-electron chi connectivity index (χ3n) is 9.00. The Morgan fingerprint density at radius 3 is 2.27 bits per heavy atom. The van der Waals surface area contributed by atoms with E-state index in [-0.39, 0.29) is 42.3 Å². The Bertz CT molecular complexity index is 1010. The average Bonchev–Trinajstić information content (AvgIpc) is 2.99. The van der Waals surface area contributed by atoms with Crippen molar-refractivity contribution in [2.75, 3.05) is 13.9 Å². The predicted octanol–water partition coefficient (Wildman–Crippen LogP) is 4.93. The van der Waals surface area contributed by atoms with E-state index in [9.17, 15) is 24.9 Å². The van der Waals surface area contributed by atoms with E-state index in [0.29, 0.717) is 12.8 Å². The highest BCUT2D eigenvalue weighted by atomic mass is 16.7. The van der Waals surface area contributed by atoms with Gasteiger partial charge in [0.05, 0.1) is 30.3 Å². The molecule has 0 aliphatic carbocycles. The molecule has 1 saturated heterocycles. The Morgan fingerprint density at radius 1 is 1.04 bits per heavy atom. The van der Waals surface area contributed by atoms with Crippen LogP contribution >= 0.6 is 0 Å². The van der Waals surface area contributed by atoms with Gasteiger partial charge in [0.1, 0.15) is 19.0 Å². The van der Waals surface area contributed by atoms with Crippen LogP contribution in [0.25, 0.3) is 0 Å². The summed E-state index contributed by atoms with van der Waals surface area (Å²) in [6.45, 7) is 18.7. The second-order valence-electron chi connectivity index (χ2n) is 13.0. The smallest absolute Gasteiger partial charge is 0.404 e. The van der Waals surface area contributed by atoms with E-state index < -0.39 is 54.6 Å². The van der Waals surface area contributed by atoms with Crippen molar-refractivity contribution in [1.29, 1.82) is 0 Å². The van der Waals surface area contributed by atoms with Crippen molar-refractivity contribution in [2.24, 2.45) is 47.2 Å². The van der Waals surface area contributed by atoms with Crippen LogP contribution in [0.1, 0.15) is 68.2 Å². The SMILES string of the molecule is C=C/C=C\[C@H](C)[C@H](OC(N)=O)[C@@H](C)[C@H](O)C(C)C/C(C)=C\[C@H](C)[C@@H](O)[C@@H](C)/C=C\[C@H](C[C@@H]1OC(=O)[C@H](C)[C@@H](O)C1C)OCOC. The quantitative estimate of drug-likeness (QED) is 0.0667. The molecule has 0 aromatic heterocycles. The zero-order valence-electron chi connectivity index (χ0n) is 28.7. The number of aliphatic hydroxyl groups excluding tert-OH is 3. The molecule has 258 valence electrons. The van der Waals surface area contributed by atoms with E-state index in [1.165, 1.54) is 7.11 Å². The van der Waals surface area contributed by atoms with Crippen molar-refractivity contribution in [3.63, 3.8) is 0 Å². The molecule has 10 heteroatoms. The second kappa shape index (κ2) is 19.9. The van der Waals surface area contributed by atoms with E-state index in [2.05, 4.69) is 6.58 Å². The molecule has 13 atom stereocenters. The van der Waals surface area contributed by atoms with Crippen molar-refractivity contribution in [2.45, 2.75) is 105 Å². The van der Waals surface area contributed by atoms with Gasteiger partial charge >= 0.3 is 12.1 Å². The van der Waals surface area contributed by atoms with Gasteiger partial charge in [-0.05, 0) is 26.2 Å². The third-order valence-corrected chi connectivity index (χ3v) is 9.00. The summed E-state index contributed by atoms with van der Waals surface area (Å²) in [5.41, 5.74) is 6.34. The second-order valence-corrected chi connectivity index (χ2v) is 13.0. The number of cyclic esters (lactones) is 1. The molecule has 1 fully saturated rings. The van der Waals surface area contributed by atoms with Gasteiger partial charge in [-0.15, -0.1) is 0 Å². The summed E-state index contributed by atoms with van der Waals surface area (Å²) in [6, 6.07) is 0. The normalized spacial score (nSPS) is 27.2. The molecule has 0 spiro atoms. The number of rotatable bonds is 19. The van der Waals surface area contributed by atoms with E-state index in [0.717, 1.165) is 5.57 Å². The molecule has 1 aliphatic heterocycles. The lowest BCUT2D eigenvalue weighted by Gasteiger charge is -2.37. The van der Waals surface area contributed by atoms with Crippen LogP contribution < -0.4 is 5.73 Å². The molecule has 0 bridgehead atoms. The first-order chi connectivity index (χ1) is 21.0. The van der Waals surface area contributed by atoms with Crippen LogP contribution in [0.15, 0.2) is 48.6 Å². The Kier molecular flexibility index (Phi) is 17.9. The maximum Gasteiger partial charge on any atom is 0.404 e. The van der Waals surface area contributed by atoms with Gasteiger partial charge in [-0.2, -0.15) is 0 Å². The maximum absolute atomic E-state index is 12.2. The Labute approximate surface area is 270 Å². The summed E-state index contributed by atoms with van der Waals surface area (Å²) in [5, 5.41) is 32.7. The van der Waals surface area contributed by atoms with Gasteiger partial charge in [-0.3, -0.25) is 4.79 Å². The summed E-state index contributed by atoms with van der Waals surface area (Å²) in [5.74, 6) is -2.37. The summed E-state index contributed by atoms with van der Waals surface area (Å²) in [7, 11) is 1.52. The maximum atomic E-state index is 12.2. The fourth-order valence-electron chi connectivity index (χ4n) is 6.07. The Balaban J connectivity index is 2.89. The third kappa shape index (κ3) is 13.0. The minimum Gasteiger partial charge on any atom is -0.462 e. The fourth-order valence-corrected chi connectivity index (χ4v) is 6.07. The molecule has 0 aromatic carbocycles. The minimum absolute atomic E-state index is 0.0424. The zero-order chi connectivity index (χ0) is 34.4. The fraction of sp³-hybridized carbons (Fsp3) is 0.714. The number of aliphatic hydroxyl groups is 3. The largest absolute Gasteiger partial charge is 0.462 e. The molecule has 1 heterocycles.